The van der Waals surface area contributed by atoms with Crippen molar-refractivity contribution in [3.63, 3.8) is 0 Å². The zero-order valence-corrected chi connectivity index (χ0v) is 16.7. The molecule has 7 nitrogen and oxygen atoms in total. The van der Waals surface area contributed by atoms with Crippen LogP contribution < -0.4 is 5.32 Å². The van der Waals surface area contributed by atoms with E-state index in [1.165, 1.54) is 0 Å². The summed E-state index contributed by atoms with van der Waals surface area (Å²) in [6.45, 7) is 7.03. The van der Waals surface area contributed by atoms with Crippen molar-refractivity contribution in [2.45, 2.75) is 46.1 Å². The van der Waals surface area contributed by atoms with Crippen LogP contribution in [0.2, 0.25) is 0 Å². The molecule has 150 valence electrons. The minimum atomic E-state index is -0.400. The number of likely N-dealkylation sites (tertiary alicyclic amines) is 1. The second-order valence-electron chi connectivity index (χ2n) is 8.44. The fourth-order valence-electron chi connectivity index (χ4n) is 3.66. The van der Waals surface area contributed by atoms with Crippen LogP contribution in [0.25, 0.3) is 0 Å². The van der Waals surface area contributed by atoms with Crippen LogP contribution in [-0.4, -0.2) is 59.1 Å². The maximum atomic E-state index is 12.3. The first-order chi connectivity index (χ1) is 13.2. The minimum absolute atomic E-state index is 0.0127. The Hall–Kier alpha value is -2.70. The number of hydrogen-bond acceptors (Lipinski definition) is 4. The van der Waals surface area contributed by atoms with Gasteiger partial charge in [0.05, 0.1) is 11.1 Å². The number of piperidine rings is 1. The summed E-state index contributed by atoms with van der Waals surface area (Å²) in [4.78, 5) is 52.2. The number of rotatable bonds is 4. The van der Waals surface area contributed by atoms with Gasteiger partial charge in [-0.15, -0.1) is 0 Å². The first kappa shape index (κ1) is 20.0. The summed E-state index contributed by atoms with van der Waals surface area (Å²) in [6.07, 6.45) is 1.49. The lowest BCUT2D eigenvalue weighted by Crippen LogP contribution is -2.49. The van der Waals surface area contributed by atoms with Crippen molar-refractivity contribution in [1.82, 2.24) is 15.1 Å². The van der Waals surface area contributed by atoms with E-state index in [0.29, 0.717) is 37.1 Å². The Morgan fingerprint density at radius 2 is 1.57 bits per heavy atom. The third kappa shape index (κ3) is 4.08. The molecule has 28 heavy (non-hydrogen) atoms. The molecular weight excluding hydrogens is 358 g/mol. The van der Waals surface area contributed by atoms with E-state index in [4.69, 9.17) is 0 Å². The van der Waals surface area contributed by atoms with Crippen LogP contribution in [0.3, 0.4) is 0 Å². The topological polar surface area (TPSA) is 86.8 Å². The third-order valence-corrected chi connectivity index (χ3v) is 5.23. The van der Waals surface area contributed by atoms with Crippen molar-refractivity contribution in [3.8, 4) is 0 Å². The standard InChI is InChI=1S/C21H27N3O4/c1-21(2,3)20(28)23-11-8-14(9-12-23)22-17(25)10-13-24-18(26)15-6-4-5-7-16(15)19(24)27/h4-7,14H,8-13H2,1-3H3,(H,22,25). The average molecular weight is 385 g/mol. The molecule has 0 aromatic heterocycles. The summed E-state index contributed by atoms with van der Waals surface area (Å²) in [5.74, 6) is -0.746. The average Bonchev–Trinajstić information content (AvgIpc) is 2.90. The molecule has 1 N–H and O–H groups in total. The molecule has 3 rings (SSSR count). The van der Waals surface area contributed by atoms with Crippen LogP contribution in [0.15, 0.2) is 24.3 Å². The SMILES string of the molecule is CC(C)(C)C(=O)N1CCC(NC(=O)CCN2C(=O)c3ccccc3C2=O)CC1. The van der Waals surface area contributed by atoms with E-state index in [2.05, 4.69) is 5.32 Å². The number of carbonyl (C=O) groups is 4. The molecular formula is C21H27N3O4. The van der Waals surface area contributed by atoms with Gasteiger partial charge in [0.15, 0.2) is 0 Å². The van der Waals surface area contributed by atoms with E-state index >= 15 is 0 Å². The van der Waals surface area contributed by atoms with Gasteiger partial charge in [-0.05, 0) is 25.0 Å². The molecule has 0 bridgehead atoms. The summed E-state index contributed by atoms with van der Waals surface area (Å²) in [6, 6.07) is 6.71. The molecule has 0 unspecified atom stereocenters. The molecule has 1 fully saturated rings. The highest BCUT2D eigenvalue weighted by molar-refractivity contribution is 6.21. The molecule has 1 saturated heterocycles. The van der Waals surface area contributed by atoms with Crippen molar-refractivity contribution >= 4 is 23.6 Å². The van der Waals surface area contributed by atoms with Gasteiger partial charge in [0.1, 0.15) is 0 Å². The highest BCUT2D eigenvalue weighted by atomic mass is 16.2. The summed E-state index contributed by atoms with van der Waals surface area (Å²) >= 11 is 0. The van der Waals surface area contributed by atoms with Crippen molar-refractivity contribution in [1.29, 1.82) is 0 Å². The van der Waals surface area contributed by atoms with Crippen LogP contribution in [0, 0.1) is 5.41 Å². The minimum Gasteiger partial charge on any atom is -0.353 e. The number of carbonyl (C=O) groups excluding carboxylic acids is 4. The zero-order chi connectivity index (χ0) is 20.5. The molecule has 1 aromatic carbocycles. The number of hydrogen-bond donors (Lipinski definition) is 1. The van der Waals surface area contributed by atoms with E-state index in [-0.39, 0.29) is 42.6 Å². The third-order valence-electron chi connectivity index (χ3n) is 5.23. The molecule has 0 saturated carbocycles. The van der Waals surface area contributed by atoms with E-state index < -0.39 is 5.41 Å². The Bertz CT molecular complexity index is 769. The van der Waals surface area contributed by atoms with E-state index in [0.717, 1.165) is 4.90 Å². The summed E-state index contributed by atoms with van der Waals surface area (Å²) in [5.41, 5.74) is 0.384. The lowest BCUT2D eigenvalue weighted by Gasteiger charge is -2.36. The summed E-state index contributed by atoms with van der Waals surface area (Å²) < 4.78 is 0. The van der Waals surface area contributed by atoms with Gasteiger partial charge in [0.25, 0.3) is 11.8 Å². The van der Waals surface area contributed by atoms with Gasteiger partial charge < -0.3 is 10.2 Å². The fraction of sp³-hybridized carbons (Fsp3) is 0.524. The van der Waals surface area contributed by atoms with Gasteiger partial charge in [-0.1, -0.05) is 32.9 Å². The van der Waals surface area contributed by atoms with Crippen LogP contribution in [0.1, 0.15) is 60.7 Å². The molecule has 0 atom stereocenters. The van der Waals surface area contributed by atoms with Crippen LogP contribution in [-0.2, 0) is 9.59 Å². The quantitative estimate of drug-likeness (QED) is 0.801. The van der Waals surface area contributed by atoms with Crippen molar-refractivity contribution in [2.24, 2.45) is 5.41 Å². The highest BCUT2D eigenvalue weighted by Crippen LogP contribution is 2.23. The Morgan fingerprint density at radius 3 is 2.07 bits per heavy atom. The number of nitrogens with one attached hydrogen (secondary N) is 1. The first-order valence-corrected chi connectivity index (χ1v) is 9.72. The molecule has 4 amide bonds. The predicted molar refractivity (Wildman–Crippen MR) is 104 cm³/mol. The van der Waals surface area contributed by atoms with Crippen molar-refractivity contribution in [2.75, 3.05) is 19.6 Å². The Labute approximate surface area is 165 Å². The van der Waals surface area contributed by atoms with Gasteiger partial charge in [0.2, 0.25) is 11.8 Å². The molecule has 7 heteroatoms. The maximum absolute atomic E-state index is 12.3. The Morgan fingerprint density at radius 1 is 1.04 bits per heavy atom. The first-order valence-electron chi connectivity index (χ1n) is 9.72. The van der Waals surface area contributed by atoms with Crippen LogP contribution in [0.4, 0.5) is 0 Å². The highest BCUT2D eigenvalue weighted by Gasteiger charge is 2.35. The van der Waals surface area contributed by atoms with Gasteiger partial charge in [-0.2, -0.15) is 0 Å². The van der Waals surface area contributed by atoms with E-state index in [9.17, 15) is 19.2 Å². The molecule has 2 aliphatic rings. The summed E-state index contributed by atoms with van der Waals surface area (Å²) in [7, 11) is 0. The summed E-state index contributed by atoms with van der Waals surface area (Å²) in [5, 5.41) is 2.97. The number of benzene rings is 1. The monoisotopic (exact) mass is 385 g/mol. The Kier molecular flexibility index (Phi) is 5.54. The molecule has 2 heterocycles. The normalized spacial score (nSPS) is 17.7. The van der Waals surface area contributed by atoms with Crippen molar-refractivity contribution < 1.29 is 19.2 Å². The number of amides is 4. The van der Waals surface area contributed by atoms with Crippen molar-refractivity contribution in [3.05, 3.63) is 35.4 Å². The zero-order valence-electron chi connectivity index (χ0n) is 16.7. The molecule has 0 aliphatic carbocycles. The Balaban J connectivity index is 1.46. The van der Waals surface area contributed by atoms with Gasteiger partial charge in [-0.25, -0.2) is 0 Å². The lowest BCUT2D eigenvalue weighted by atomic mass is 9.93. The fourth-order valence-corrected chi connectivity index (χ4v) is 3.66. The van der Waals surface area contributed by atoms with Gasteiger partial charge >= 0.3 is 0 Å². The van der Waals surface area contributed by atoms with Gasteiger partial charge in [-0.3, -0.25) is 24.1 Å². The lowest BCUT2D eigenvalue weighted by molar-refractivity contribution is -0.140. The molecule has 0 spiro atoms. The molecule has 1 aromatic rings. The second-order valence-corrected chi connectivity index (χ2v) is 8.44. The smallest absolute Gasteiger partial charge is 0.261 e. The second kappa shape index (κ2) is 7.73. The number of fused-ring (bicyclic) bond motifs is 1. The van der Waals surface area contributed by atoms with E-state index in [1.807, 2.05) is 25.7 Å². The van der Waals surface area contributed by atoms with E-state index in [1.54, 1.807) is 24.3 Å². The largest absolute Gasteiger partial charge is 0.353 e. The molecule has 0 radical (unpaired) electrons. The predicted octanol–water partition coefficient (Wildman–Crippen LogP) is 1.83. The van der Waals surface area contributed by atoms with Crippen LogP contribution in [0.5, 0.6) is 0 Å². The van der Waals surface area contributed by atoms with Gasteiger partial charge in [0, 0.05) is 37.5 Å². The maximum Gasteiger partial charge on any atom is 0.261 e. The number of imide groups is 1. The molecule has 2 aliphatic heterocycles. The number of nitrogens with zero attached hydrogens (tertiary/aromatic N) is 2. The van der Waals surface area contributed by atoms with Crippen LogP contribution >= 0.6 is 0 Å².